The van der Waals surface area contributed by atoms with Gasteiger partial charge in [-0.15, -0.1) is 11.3 Å². The Bertz CT molecular complexity index is 2150. The van der Waals surface area contributed by atoms with Gasteiger partial charge in [-0.2, -0.15) is 9.78 Å². The van der Waals surface area contributed by atoms with Crippen molar-refractivity contribution in [1.29, 1.82) is 0 Å². The minimum Gasteiger partial charge on any atom is -0.378 e. The topological polar surface area (TPSA) is 127 Å². The van der Waals surface area contributed by atoms with Gasteiger partial charge in [0, 0.05) is 60.9 Å². The lowest BCUT2D eigenvalue weighted by atomic mass is 9.97. The molecule has 0 radical (unpaired) electrons. The van der Waals surface area contributed by atoms with E-state index in [9.17, 15) is 14.4 Å². The van der Waals surface area contributed by atoms with E-state index in [2.05, 4.69) is 37.1 Å². The predicted octanol–water partition coefficient (Wildman–Crippen LogP) is 3.95. The summed E-state index contributed by atoms with van der Waals surface area (Å²) < 4.78 is 8.70. The molecule has 8 rings (SSSR count). The molecule has 0 amide bonds. The molecule has 2 saturated heterocycles. The number of fused-ring (bicyclic) bond motifs is 3. The number of rotatable bonds is 7. The van der Waals surface area contributed by atoms with Crippen LogP contribution in [0.1, 0.15) is 40.6 Å². The first-order valence-electron chi connectivity index (χ1n) is 16.4. The second-order valence-corrected chi connectivity index (χ2v) is 13.9. The quantitative estimate of drug-likeness (QED) is 0.256. The average molecular weight is 665 g/mol. The van der Waals surface area contributed by atoms with E-state index in [1.807, 2.05) is 18.3 Å². The molecule has 2 fully saturated rings. The third-order valence-corrected chi connectivity index (χ3v) is 11.1. The Morgan fingerprint density at radius 3 is 2.65 bits per heavy atom. The summed E-state index contributed by atoms with van der Waals surface area (Å²) >= 11 is 1.52. The molecule has 12 nitrogen and oxygen atoms in total. The highest BCUT2D eigenvalue weighted by atomic mass is 32.1. The smallest absolute Gasteiger partial charge is 0.290 e. The number of carbonyl (C=O) groups is 1. The maximum atomic E-state index is 13.7. The van der Waals surface area contributed by atoms with Crippen molar-refractivity contribution >= 4 is 44.9 Å². The number of nitrogens with zero attached hydrogens (tertiary/aromatic N) is 7. The van der Waals surface area contributed by atoms with Gasteiger partial charge < -0.3 is 19.5 Å². The molecule has 3 aliphatic rings. The van der Waals surface area contributed by atoms with Crippen LogP contribution < -0.4 is 21.3 Å². The largest absolute Gasteiger partial charge is 0.378 e. The second kappa shape index (κ2) is 12.4. The number of hydrogen-bond acceptors (Lipinski definition) is 11. The number of aryl methyl sites for hydroxylation is 3. The van der Waals surface area contributed by atoms with E-state index in [1.165, 1.54) is 31.0 Å². The number of thiophene rings is 1. The van der Waals surface area contributed by atoms with Crippen LogP contribution in [-0.4, -0.2) is 80.4 Å². The van der Waals surface area contributed by atoms with Crippen molar-refractivity contribution in [2.24, 2.45) is 7.05 Å². The summed E-state index contributed by atoms with van der Waals surface area (Å²) in [5.41, 5.74) is 3.35. The highest BCUT2D eigenvalue weighted by Crippen LogP contribution is 2.35. The van der Waals surface area contributed by atoms with Crippen LogP contribution in [0.25, 0.3) is 27.0 Å². The van der Waals surface area contributed by atoms with Crippen molar-refractivity contribution < 1.29 is 9.53 Å². The fraction of sp³-hybridized carbons (Fsp3) is 0.371. The molecule has 0 bridgehead atoms. The van der Waals surface area contributed by atoms with E-state index in [0.717, 1.165) is 69.6 Å². The molecule has 5 aromatic heterocycles. The molecule has 1 atom stereocenters. The van der Waals surface area contributed by atoms with Crippen LogP contribution in [0.15, 0.2) is 58.6 Å². The third-order valence-electron chi connectivity index (χ3n) is 9.83. The number of nitrogens with one attached hydrogen (secondary N) is 1. The van der Waals surface area contributed by atoms with E-state index in [0.29, 0.717) is 45.7 Å². The Balaban J connectivity index is 1.08. The van der Waals surface area contributed by atoms with Crippen LogP contribution in [0.3, 0.4) is 0 Å². The number of carbonyl (C=O) groups excluding carboxylic acids is 1. The lowest BCUT2D eigenvalue weighted by Gasteiger charge is -2.47. The minimum atomic E-state index is -0.290. The fourth-order valence-corrected chi connectivity index (χ4v) is 8.48. The lowest BCUT2D eigenvalue weighted by Crippen LogP contribution is -2.60. The summed E-state index contributed by atoms with van der Waals surface area (Å²) in [4.78, 5) is 54.7. The number of pyridine rings is 3. The van der Waals surface area contributed by atoms with E-state index in [-0.39, 0.29) is 22.5 Å². The van der Waals surface area contributed by atoms with Gasteiger partial charge in [-0.25, -0.2) is 9.97 Å². The molecule has 13 heteroatoms. The molecule has 5 aromatic rings. The van der Waals surface area contributed by atoms with Gasteiger partial charge in [0.2, 0.25) is 0 Å². The molecular weight excluding hydrogens is 629 g/mol. The Kier molecular flexibility index (Phi) is 7.89. The standard InChI is InChI=1S/C35H36N8O4S/c1-21-16-41(11-12-42(21)24-19-47-20-24)23-7-8-31(37-14-23)39-29-13-22(17-40(2)34(29)45)25-9-10-36-33(28(25)18-44)43-35(46)32-27(15-38-43)26-5-3-4-6-30(26)48-32/h7-10,13-15,17-18,21,24H,3-6,11-12,16,19-20H2,1-2H3,(H,37,39). The van der Waals surface area contributed by atoms with Crippen molar-refractivity contribution in [2.75, 3.05) is 43.1 Å². The van der Waals surface area contributed by atoms with Crippen molar-refractivity contribution in [2.45, 2.75) is 44.7 Å². The molecule has 2 aliphatic heterocycles. The first-order chi connectivity index (χ1) is 23.4. The molecule has 0 spiro atoms. The first kappa shape index (κ1) is 30.6. The van der Waals surface area contributed by atoms with Gasteiger partial charge in [0.15, 0.2) is 12.1 Å². The highest BCUT2D eigenvalue weighted by Gasteiger charge is 2.33. The van der Waals surface area contributed by atoms with Gasteiger partial charge >= 0.3 is 0 Å². The summed E-state index contributed by atoms with van der Waals surface area (Å²) in [6.07, 6.45) is 11.6. The lowest BCUT2D eigenvalue weighted by molar-refractivity contribution is -0.0792. The van der Waals surface area contributed by atoms with Gasteiger partial charge in [-0.1, -0.05) is 0 Å². The molecule has 7 heterocycles. The molecule has 1 unspecified atom stereocenters. The number of hydrogen-bond donors (Lipinski definition) is 1. The molecule has 0 saturated carbocycles. The van der Waals surface area contributed by atoms with E-state index in [4.69, 9.17) is 4.74 Å². The van der Waals surface area contributed by atoms with Gasteiger partial charge in [-0.3, -0.25) is 19.3 Å². The molecule has 0 aromatic carbocycles. The van der Waals surface area contributed by atoms with Crippen LogP contribution in [0.5, 0.6) is 0 Å². The third kappa shape index (κ3) is 5.31. The van der Waals surface area contributed by atoms with Crippen molar-refractivity contribution in [1.82, 2.24) is 29.2 Å². The van der Waals surface area contributed by atoms with Gasteiger partial charge in [-0.05, 0) is 68.0 Å². The van der Waals surface area contributed by atoms with Crippen LogP contribution >= 0.6 is 11.3 Å². The number of piperazine rings is 1. The van der Waals surface area contributed by atoms with Crippen LogP contribution in [0.4, 0.5) is 17.2 Å². The van der Waals surface area contributed by atoms with Gasteiger partial charge in [0.25, 0.3) is 11.1 Å². The number of aromatic nitrogens is 5. The van der Waals surface area contributed by atoms with Crippen molar-refractivity contribution in [3.63, 3.8) is 0 Å². The van der Waals surface area contributed by atoms with Crippen LogP contribution in [0.2, 0.25) is 0 Å². The summed E-state index contributed by atoms with van der Waals surface area (Å²) in [5.74, 6) is 0.678. The fourth-order valence-electron chi connectivity index (χ4n) is 7.20. The van der Waals surface area contributed by atoms with Gasteiger partial charge in [0.1, 0.15) is 16.2 Å². The maximum Gasteiger partial charge on any atom is 0.290 e. The van der Waals surface area contributed by atoms with E-state index < -0.39 is 0 Å². The van der Waals surface area contributed by atoms with Crippen molar-refractivity contribution in [3.05, 3.63) is 85.8 Å². The summed E-state index contributed by atoms with van der Waals surface area (Å²) in [6.45, 7) is 6.68. The Hall–Kier alpha value is -4.72. The zero-order valence-electron chi connectivity index (χ0n) is 26.9. The SMILES string of the molecule is CC1CN(c2ccc(Nc3cc(-c4ccnc(-n5ncc6c7c(sc6c5=O)CCCC7)c4C=O)cn(C)c3=O)nc2)CCN1C1COC1. The summed E-state index contributed by atoms with van der Waals surface area (Å²) in [5, 5.41) is 8.55. The summed E-state index contributed by atoms with van der Waals surface area (Å²) in [6, 6.07) is 8.23. The van der Waals surface area contributed by atoms with E-state index in [1.54, 1.807) is 37.8 Å². The van der Waals surface area contributed by atoms with Crippen molar-refractivity contribution in [3.8, 4) is 16.9 Å². The Labute approximate surface area is 280 Å². The Morgan fingerprint density at radius 2 is 1.90 bits per heavy atom. The Morgan fingerprint density at radius 1 is 1.04 bits per heavy atom. The molecule has 48 heavy (non-hydrogen) atoms. The predicted molar refractivity (Wildman–Crippen MR) is 186 cm³/mol. The van der Waals surface area contributed by atoms with Gasteiger partial charge in [0.05, 0.1) is 42.9 Å². The highest BCUT2D eigenvalue weighted by molar-refractivity contribution is 7.19. The first-order valence-corrected chi connectivity index (χ1v) is 17.2. The molecule has 1 N–H and O–H groups in total. The minimum absolute atomic E-state index is 0.151. The molecule has 246 valence electrons. The molecular formula is C35H36N8O4S. The summed E-state index contributed by atoms with van der Waals surface area (Å²) in [7, 11) is 1.66. The second-order valence-electron chi connectivity index (χ2n) is 12.8. The van der Waals surface area contributed by atoms with Crippen LogP contribution in [-0.2, 0) is 24.6 Å². The number of anilines is 3. The maximum absolute atomic E-state index is 13.7. The average Bonchev–Trinajstić information content (AvgIpc) is 3.47. The zero-order chi connectivity index (χ0) is 32.9. The van der Waals surface area contributed by atoms with E-state index >= 15 is 0 Å². The zero-order valence-corrected chi connectivity index (χ0v) is 27.7. The normalized spacial score (nSPS) is 18.5. The number of ether oxygens (including phenoxy) is 1. The number of aldehydes is 1. The molecule has 1 aliphatic carbocycles. The van der Waals surface area contributed by atoms with Crippen LogP contribution in [0, 0.1) is 0 Å². The monoisotopic (exact) mass is 664 g/mol.